The number of unbranched alkanes of at least 4 members (excludes halogenated alkanes) is 1. The van der Waals surface area contributed by atoms with E-state index < -0.39 is 0 Å². The lowest BCUT2D eigenvalue weighted by Crippen LogP contribution is -2.10. The number of nitrogens with one attached hydrogen (secondary N) is 1. The average molecular weight is 284 g/mol. The maximum atomic E-state index is 11.1. The number of nitro groups is 1. The highest BCUT2D eigenvalue weighted by atomic mass is 16.6. The van der Waals surface area contributed by atoms with Crippen LogP contribution in [0.4, 0.5) is 11.5 Å². The van der Waals surface area contributed by atoms with Crippen LogP contribution >= 0.6 is 0 Å². The van der Waals surface area contributed by atoms with Crippen LogP contribution in [0.3, 0.4) is 0 Å². The molecule has 0 amide bonds. The topological polar surface area (TPSA) is 82.2 Å². The SMILES string of the molecule is CCc1nn(C)c(NCCCCOC(C)C)c1[N+](=O)[O-]. The molecule has 0 bridgehead atoms. The Morgan fingerprint density at radius 1 is 1.45 bits per heavy atom. The number of hydrogen-bond acceptors (Lipinski definition) is 5. The van der Waals surface area contributed by atoms with E-state index >= 15 is 0 Å². The Labute approximate surface area is 119 Å². The van der Waals surface area contributed by atoms with Crippen LogP contribution in [0.15, 0.2) is 0 Å². The normalized spacial score (nSPS) is 11.1. The van der Waals surface area contributed by atoms with Gasteiger partial charge in [-0.15, -0.1) is 0 Å². The summed E-state index contributed by atoms with van der Waals surface area (Å²) in [6, 6.07) is 0. The molecule has 1 rings (SSSR count). The molecule has 114 valence electrons. The van der Waals surface area contributed by atoms with Crippen molar-refractivity contribution >= 4 is 11.5 Å². The molecule has 1 N–H and O–H groups in total. The van der Waals surface area contributed by atoms with E-state index in [1.807, 2.05) is 20.8 Å². The summed E-state index contributed by atoms with van der Waals surface area (Å²) in [5.41, 5.74) is 0.608. The maximum absolute atomic E-state index is 11.1. The van der Waals surface area contributed by atoms with Crippen LogP contribution in [0.25, 0.3) is 0 Å². The second-order valence-corrected chi connectivity index (χ2v) is 4.93. The van der Waals surface area contributed by atoms with E-state index in [1.54, 1.807) is 11.7 Å². The molecule has 7 heteroatoms. The van der Waals surface area contributed by atoms with Crippen LogP contribution in [0, 0.1) is 10.1 Å². The smallest absolute Gasteiger partial charge is 0.333 e. The van der Waals surface area contributed by atoms with Crippen molar-refractivity contribution in [3.63, 3.8) is 0 Å². The Morgan fingerprint density at radius 3 is 2.70 bits per heavy atom. The molecule has 0 saturated carbocycles. The van der Waals surface area contributed by atoms with E-state index in [0.29, 0.717) is 31.1 Å². The van der Waals surface area contributed by atoms with E-state index in [2.05, 4.69) is 10.4 Å². The van der Waals surface area contributed by atoms with Gasteiger partial charge in [0.1, 0.15) is 5.69 Å². The van der Waals surface area contributed by atoms with Crippen molar-refractivity contribution in [1.29, 1.82) is 0 Å². The number of aromatic nitrogens is 2. The van der Waals surface area contributed by atoms with Gasteiger partial charge >= 0.3 is 5.69 Å². The summed E-state index contributed by atoms with van der Waals surface area (Å²) in [7, 11) is 1.72. The molecule has 0 radical (unpaired) electrons. The highest BCUT2D eigenvalue weighted by Gasteiger charge is 2.24. The Bertz CT molecular complexity index is 443. The van der Waals surface area contributed by atoms with Gasteiger partial charge < -0.3 is 10.1 Å². The summed E-state index contributed by atoms with van der Waals surface area (Å²) in [4.78, 5) is 10.8. The Kier molecular flexibility index (Phi) is 6.44. The van der Waals surface area contributed by atoms with Gasteiger partial charge in [0.2, 0.25) is 5.82 Å². The number of hydrogen-bond donors (Lipinski definition) is 1. The summed E-state index contributed by atoms with van der Waals surface area (Å²) in [6.45, 7) is 7.26. The lowest BCUT2D eigenvalue weighted by Gasteiger charge is -2.08. The first kappa shape index (κ1) is 16.4. The van der Waals surface area contributed by atoms with Gasteiger partial charge in [0.05, 0.1) is 11.0 Å². The molecule has 0 spiro atoms. The average Bonchev–Trinajstić information content (AvgIpc) is 2.70. The van der Waals surface area contributed by atoms with Crippen molar-refractivity contribution < 1.29 is 9.66 Å². The summed E-state index contributed by atoms with van der Waals surface area (Å²) in [6.07, 6.45) is 2.62. The molecule has 0 fully saturated rings. The zero-order chi connectivity index (χ0) is 15.1. The van der Waals surface area contributed by atoms with Crippen molar-refractivity contribution in [2.45, 2.75) is 46.1 Å². The first-order chi connectivity index (χ1) is 9.47. The lowest BCUT2D eigenvalue weighted by molar-refractivity contribution is -0.384. The molecule has 1 aromatic heterocycles. The highest BCUT2D eigenvalue weighted by molar-refractivity contribution is 5.59. The van der Waals surface area contributed by atoms with Crippen LogP contribution < -0.4 is 5.32 Å². The molecular weight excluding hydrogens is 260 g/mol. The first-order valence-electron chi connectivity index (χ1n) is 7.03. The predicted octanol–water partition coefficient (Wildman–Crippen LogP) is 2.51. The number of nitrogens with zero attached hydrogens (tertiary/aromatic N) is 3. The number of ether oxygens (including phenoxy) is 1. The van der Waals surface area contributed by atoms with Gasteiger partial charge in [-0.05, 0) is 33.1 Å². The maximum Gasteiger partial charge on any atom is 0.333 e. The number of rotatable bonds is 9. The van der Waals surface area contributed by atoms with Gasteiger partial charge in [0.15, 0.2) is 0 Å². The van der Waals surface area contributed by atoms with Gasteiger partial charge in [-0.25, -0.2) is 4.68 Å². The fourth-order valence-electron chi connectivity index (χ4n) is 1.95. The van der Waals surface area contributed by atoms with Crippen molar-refractivity contribution in [2.75, 3.05) is 18.5 Å². The highest BCUT2D eigenvalue weighted by Crippen LogP contribution is 2.28. The quantitative estimate of drug-likeness (QED) is 0.428. The standard InChI is InChI=1S/C13H24N4O3/c1-5-11-12(17(18)19)13(16(4)15-11)14-8-6-7-9-20-10(2)3/h10,14H,5-9H2,1-4H3. The molecule has 1 heterocycles. The molecule has 0 unspecified atom stereocenters. The molecule has 7 nitrogen and oxygen atoms in total. The van der Waals surface area contributed by atoms with Crippen molar-refractivity contribution in [1.82, 2.24) is 9.78 Å². The summed E-state index contributed by atoms with van der Waals surface area (Å²) in [5.74, 6) is 0.483. The van der Waals surface area contributed by atoms with Gasteiger partial charge in [-0.2, -0.15) is 5.10 Å². The Hall–Kier alpha value is -1.63. The van der Waals surface area contributed by atoms with Crippen LogP contribution in [0.2, 0.25) is 0 Å². The molecule has 0 atom stereocenters. The number of anilines is 1. The van der Waals surface area contributed by atoms with Crippen LogP contribution in [-0.2, 0) is 18.2 Å². The van der Waals surface area contributed by atoms with Crippen molar-refractivity contribution in [2.24, 2.45) is 7.05 Å². The monoisotopic (exact) mass is 284 g/mol. The summed E-state index contributed by atoms with van der Waals surface area (Å²) >= 11 is 0. The fourth-order valence-corrected chi connectivity index (χ4v) is 1.95. The molecule has 0 saturated heterocycles. The zero-order valence-electron chi connectivity index (χ0n) is 12.7. The Morgan fingerprint density at radius 2 is 2.15 bits per heavy atom. The van der Waals surface area contributed by atoms with E-state index in [9.17, 15) is 10.1 Å². The molecular formula is C13H24N4O3. The summed E-state index contributed by atoms with van der Waals surface area (Å²) < 4.78 is 6.99. The van der Waals surface area contributed by atoms with Gasteiger partial charge in [0, 0.05) is 20.2 Å². The summed E-state index contributed by atoms with van der Waals surface area (Å²) in [5, 5.41) is 18.4. The lowest BCUT2D eigenvalue weighted by atomic mass is 10.3. The van der Waals surface area contributed by atoms with E-state index in [4.69, 9.17) is 4.74 Å². The van der Waals surface area contributed by atoms with Crippen LogP contribution in [0.5, 0.6) is 0 Å². The molecule has 1 aromatic rings. The predicted molar refractivity (Wildman–Crippen MR) is 78.1 cm³/mol. The third kappa shape index (κ3) is 4.48. The molecule has 0 aliphatic carbocycles. The molecule has 0 aromatic carbocycles. The van der Waals surface area contributed by atoms with Crippen molar-refractivity contribution in [3.8, 4) is 0 Å². The van der Waals surface area contributed by atoms with E-state index in [-0.39, 0.29) is 16.7 Å². The van der Waals surface area contributed by atoms with E-state index in [0.717, 1.165) is 12.8 Å². The fraction of sp³-hybridized carbons (Fsp3) is 0.769. The van der Waals surface area contributed by atoms with Gasteiger partial charge in [-0.3, -0.25) is 10.1 Å². The minimum absolute atomic E-state index is 0.0911. The zero-order valence-corrected chi connectivity index (χ0v) is 12.7. The first-order valence-corrected chi connectivity index (χ1v) is 7.03. The minimum Gasteiger partial charge on any atom is -0.379 e. The number of aryl methyl sites for hydroxylation is 2. The van der Waals surface area contributed by atoms with Crippen LogP contribution in [-0.4, -0.2) is 34.0 Å². The molecule has 0 aliphatic heterocycles. The van der Waals surface area contributed by atoms with Crippen molar-refractivity contribution in [3.05, 3.63) is 15.8 Å². The third-order valence-corrected chi connectivity index (χ3v) is 2.92. The second-order valence-electron chi connectivity index (χ2n) is 4.93. The largest absolute Gasteiger partial charge is 0.379 e. The molecule has 0 aliphatic rings. The minimum atomic E-state index is -0.365. The second kappa shape index (κ2) is 7.84. The third-order valence-electron chi connectivity index (χ3n) is 2.92. The van der Waals surface area contributed by atoms with Gasteiger partial charge in [0.25, 0.3) is 0 Å². The Balaban J connectivity index is 2.51. The van der Waals surface area contributed by atoms with Gasteiger partial charge in [-0.1, -0.05) is 6.92 Å². The molecule has 20 heavy (non-hydrogen) atoms. The van der Waals surface area contributed by atoms with E-state index in [1.165, 1.54) is 0 Å². The van der Waals surface area contributed by atoms with Crippen LogP contribution in [0.1, 0.15) is 39.3 Å².